The van der Waals surface area contributed by atoms with Gasteiger partial charge < -0.3 is 5.32 Å². The highest BCUT2D eigenvalue weighted by Gasteiger charge is 2.12. The van der Waals surface area contributed by atoms with Crippen LogP contribution in [0.1, 0.15) is 12.5 Å². The molecule has 3 aromatic rings. The first-order valence-corrected chi connectivity index (χ1v) is 7.18. The molecule has 0 atom stereocenters. The number of amides is 1. The van der Waals surface area contributed by atoms with Gasteiger partial charge in [-0.3, -0.25) is 4.79 Å². The standard InChI is InChI=1S/C18H13F3N2O/c1-9-3-16(11-4-12(19)6-13(20)5-11)23-17-8-18(22-10(2)24)15(21)7-14(9)17/h3-8H,1-2H3,(H,22,24). The molecule has 3 nitrogen and oxygen atoms in total. The van der Waals surface area contributed by atoms with Crippen molar-refractivity contribution in [2.24, 2.45) is 0 Å². The van der Waals surface area contributed by atoms with Gasteiger partial charge >= 0.3 is 0 Å². The van der Waals surface area contributed by atoms with E-state index in [1.807, 2.05) is 0 Å². The van der Waals surface area contributed by atoms with Crippen LogP contribution >= 0.6 is 0 Å². The summed E-state index contributed by atoms with van der Waals surface area (Å²) in [6, 6.07) is 7.44. The summed E-state index contributed by atoms with van der Waals surface area (Å²) < 4.78 is 40.9. The third-order valence-electron chi connectivity index (χ3n) is 3.57. The second-order valence-electron chi connectivity index (χ2n) is 5.51. The quantitative estimate of drug-likeness (QED) is 0.747. The Bertz CT molecular complexity index is 950. The number of nitrogens with one attached hydrogen (secondary N) is 1. The van der Waals surface area contributed by atoms with Gasteiger partial charge in [0.05, 0.1) is 16.9 Å². The summed E-state index contributed by atoms with van der Waals surface area (Å²) >= 11 is 0. The zero-order chi connectivity index (χ0) is 17.4. The van der Waals surface area contributed by atoms with Crippen molar-refractivity contribution in [3.05, 3.63) is 59.4 Å². The van der Waals surface area contributed by atoms with Gasteiger partial charge in [0, 0.05) is 23.9 Å². The normalized spacial score (nSPS) is 10.9. The minimum absolute atomic E-state index is 0.00414. The van der Waals surface area contributed by atoms with Crippen molar-refractivity contribution in [1.29, 1.82) is 0 Å². The van der Waals surface area contributed by atoms with Crippen LogP contribution in [0.5, 0.6) is 0 Å². The molecule has 0 fully saturated rings. The van der Waals surface area contributed by atoms with Crippen LogP contribution in [-0.4, -0.2) is 10.9 Å². The van der Waals surface area contributed by atoms with Gasteiger partial charge in [-0.15, -0.1) is 0 Å². The number of carbonyl (C=O) groups is 1. The van der Waals surface area contributed by atoms with E-state index in [-0.39, 0.29) is 11.3 Å². The van der Waals surface area contributed by atoms with Crippen LogP contribution in [0.4, 0.5) is 18.9 Å². The van der Waals surface area contributed by atoms with E-state index in [1.54, 1.807) is 13.0 Å². The van der Waals surface area contributed by atoms with Gasteiger partial charge in [-0.1, -0.05) is 0 Å². The third-order valence-corrected chi connectivity index (χ3v) is 3.57. The lowest BCUT2D eigenvalue weighted by Crippen LogP contribution is -2.07. The summed E-state index contributed by atoms with van der Waals surface area (Å²) in [7, 11) is 0. The van der Waals surface area contributed by atoms with Gasteiger partial charge in [-0.25, -0.2) is 18.2 Å². The highest BCUT2D eigenvalue weighted by molar-refractivity contribution is 5.93. The van der Waals surface area contributed by atoms with Crippen LogP contribution in [0.25, 0.3) is 22.2 Å². The van der Waals surface area contributed by atoms with E-state index >= 15 is 0 Å². The Hall–Kier alpha value is -2.89. The zero-order valence-electron chi connectivity index (χ0n) is 13.0. The number of rotatable bonds is 2. The molecule has 1 aromatic heterocycles. The fourth-order valence-electron chi connectivity index (χ4n) is 2.55. The molecule has 0 unspecified atom stereocenters. The molecule has 0 saturated carbocycles. The van der Waals surface area contributed by atoms with Gasteiger partial charge in [0.15, 0.2) is 0 Å². The molecule has 0 saturated heterocycles. The van der Waals surface area contributed by atoms with Crippen LogP contribution in [-0.2, 0) is 4.79 Å². The molecule has 1 heterocycles. The van der Waals surface area contributed by atoms with E-state index in [0.29, 0.717) is 22.2 Å². The summed E-state index contributed by atoms with van der Waals surface area (Å²) in [6.45, 7) is 3.02. The SMILES string of the molecule is CC(=O)Nc1cc2nc(-c3cc(F)cc(F)c3)cc(C)c2cc1F. The number of halogens is 3. The van der Waals surface area contributed by atoms with E-state index < -0.39 is 23.4 Å². The topological polar surface area (TPSA) is 42.0 Å². The van der Waals surface area contributed by atoms with Gasteiger partial charge in [0.1, 0.15) is 17.5 Å². The lowest BCUT2D eigenvalue weighted by Gasteiger charge is -2.10. The van der Waals surface area contributed by atoms with Gasteiger partial charge in [0.2, 0.25) is 5.91 Å². The Labute approximate surface area is 136 Å². The summed E-state index contributed by atoms with van der Waals surface area (Å²) in [5.74, 6) is -2.40. The third kappa shape index (κ3) is 3.08. The van der Waals surface area contributed by atoms with Crippen LogP contribution in [0.3, 0.4) is 0 Å². The second kappa shape index (κ2) is 5.96. The summed E-state index contributed by atoms with van der Waals surface area (Å²) in [4.78, 5) is 15.5. The fourth-order valence-corrected chi connectivity index (χ4v) is 2.55. The molecule has 122 valence electrons. The maximum absolute atomic E-state index is 14.0. The monoisotopic (exact) mass is 330 g/mol. The minimum atomic E-state index is -0.706. The number of nitrogens with zero attached hydrogens (tertiary/aromatic N) is 1. The molecule has 0 radical (unpaired) electrons. The van der Waals surface area contributed by atoms with Gasteiger partial charge in [-0.2, -0.15) is 0 Å². The summed E-state index contributed by atoms with van der Waals surface area (Å²) in [5.41, 5.74) is 1.76. The van der Waals surface area contributed by atoms with E-state index in [1.165, 1.54) is 31.2 Å². The van der Waals surface area contributed by atoms with Crippen molar-refractivity contribution in [3.63, 3.8) is 0 Å². The number of benzene rings is 2. The average Bonchev–Trinajstić information content (AvgIpc) is 2.47. The molecule has 0 spiro atoms. The Balaban J connectivity index is 2.21. The molecule has 1 N–H and O–H groups in total. The summed E-state index contributed by atoms with van der Waals surface area (Å²) in [5, 5.41) is 2.95. The molecular weight excluding hydrogens is 317 g/mol. The number of fused-ring (bicyclic) bond motifs is 1. The smallest absolute Gasteiger partial charge is 0.221 e. The van der Waals surface area contributed by atoms with Crippen molar-refractivity contribution in [1.82, 2.24) is 4.98 Å². The second-order valence-corrected chi connectivity index (χ2v) is 5.51. The molecule has 0 aliphatic heterocycles. The van der Waals surface area contributed by atoms with Crippen molar-refractivity contribution < 1.29 is 18.0 Å². The predicted molar refractivity (Wildman–Crippen MR) is 86.1 cm³/mol. The number of hydrogen-bond donors (Lipinski definition) is 1. The number of aromatic nitrogens is 1. The first-order chi connectivity index (χ1) is 11.3. The lowest BCUT2D eigenvalue weighted by atomic mass is 10.0. The minimum Gasteiger partial charge on any atom is -0.324 e. The van der Waals surface area contributed by atoms with Gasteiger partial charge in [0.25, 0.3) is 0 Å². The zero-order valence-corrected chi connectivity index (χ0v) is 13.0. The number of aryl methyl sites for hydroxylation is 1. The molecule has 0 aliphatic rings. The lowest BCUT2D eigenvalue weighted by molar-refractivity contribution is -0.114. The number of hydrogen-bond acceptors (Lipinski definition) is 2. The van der Waals surface area contributed by atoms with Crippen LogP contribution in [0, 0.1) is 24.4 Å². The van der Waals surface area contributed by atoms with E-state index in [2.05, 4.69) is 10.3 Å². The van der Waals surface area contributed by atoms with Crippen molar-refractivity contribution in [2.45, 2.75) is 13.8 Å². The van der Waals surface area contributed by atoms with E-state index in [9.17, 15) is 18.0 Å². The Morgan fingerprint density at radius 2 is 1.67 bits per heavy atom. The first-order valence-electron chi connectivity index (χ1n) is 7.18. The molecule has 0 aliphatic carbocycles. The van der Waals surface area contributed by atoms with E-state index in [0.717, 1.165) is 6.07 Å². The van der Waals surface area contributed by atoms with Crippen LogP contribution < -0.4 is 5.32 Å². The highest BCUT2D eigenvalue weighted by atomic mass is 19.1. The van der Waals surface area contributed by atoms with Crippen LogP contribution in [0.2, 0.25) is 0 Å². The Kier molecular flexibility index (Phi) is 3.97. The highest BCUT2D eigenvalue weighted by Crippen LogP contribution is 2.29. The maximum Gasteiger partial charge on any atom is 0.221 e. The largest absolute Gasteiger partial charge is 0.324 e. The van der Waals surface area contributed by atoms with Crippen molar-refractivity contribution >= 4 is 22.5 Å². The molecule has 3 rings (SSSR count). The predicted octanol–water partition coefficient (Wildman–Crippen LogP) is 4.59. The molecule has 6 heteroatoms. The number of pyridine rings is 1. The van der Waals surface area contributed by atoms with Crippen molar-refractivity contribution in [2.75, 3.05) is 5.32 Å². The fraction of sp³-hybridized carbons (Fsp3) is 0.111. The molecule has 2 aromatic carbocycles. The Morgan fingerprint density at radius 3 is 2.29 bits per heavy atom. The molecule has 0 bridgehead atoms. The number of anilines is 1. The average molecular weight is 330 g/mol. The number of carbonyl (C=O) groups excluding carboxylic acids is 1. The molecular formula is C18H13F3N2O. The molecule has 1 amide bonds. The Morgan fingerprint density at radius 1 is 1.00 bits per heavy atom. The first kappa shape index (κ1) is 16.0. The van der Waals surface area contributed by atoms with Crippen molar-refractivity contribution in [3.8, 4) is 11.3 Å². The molecule has 24 heavy (non-hydrogen) atoms. The van der Waals surface area contributed by atoms with Gasteiger partial charge in [-0.05, 0) is 42.8 Å². The maximum atomic E-state index is 14.0. The van der Waals surface area contributed by atoms with Crippen LogP contribution in [0.15, 0.2) is 36.4 Å². The summed E-state index contributed by atoms with van der Waals surface area (Å²) in [6.07, 6.45) is 0. The van der Waals surface area contributed by atoms with E-state index in [4.69, 9.17) is 0 Å².